The molecule has 0 atom stereocenters. The number of ether oxygens (including phenoxy) is 1. The van der Waals surface area contributed by atoms with E-state index < -0.39 is 0 Å². The predicted molar refractivity (Wildman–Crippen MR) is 103 cm³/mol. The number of aromatic amines is 1. The number of rotatable bonds is 5. The zero-order valence-corrected chi connectivity index (χ0v) is 15.1. The molecule has 0 bridgehead atoms. The van der Waals surface area contributed by atoms with Gasteiger partial charge in [-0.15, -0.1) is 0 Å². The number of methoxy groups -OCH3 is 1. The number of carbonyl (C=O) groups excluding carboxylic acids is 1. The molecule has 0 aliphatic carbocycles. The highest BCUT2D eigenvalue weighted by molar-refractivity contribution is 7.99. The Kier molecular flexibility index (Phi) is 5.53. The second-order valence-corrected chi connectivity index (χ2v) is 6.72. The molecule has 25 heavy (non-hydrogen) atoms. The lowest BCUT2D eigenvalue weighted by molar-refractivity contribution is 0.102. The van der Waals surface area contributed by atoms with Crippen LogP contribution in [0.15, 0.2) is 76.7 Å². The van der Waals surface area contributed by atoms with Crippen LogP contribution in [-0.4, -0.2) is 18.0 Å². The number of H-pyrrole nitrogens is 1. The molecule has 4 nitrogen and oxygen atoms in total. The second kappa shape index (κ2) is 8.00. The van der Waals surface area contributed by atoms with Crippen molar-refractivity contribution in [3.8, 4) is 5.75 Å². The molecule has 1 aromatic heterocycles. The zero-order chi connectivity index (χ0) is 17.6. The third kappa shape index (κ3) is 4.49. The van der Waals surface area contributed by atoms with Gasteiger partial charge >= 0.3 is 0 Å². The summed E-state index contributed by atoms with van der Waals surface area (Å²) in [5, 5.41) is 2.85. The first-order valence-corrected chi connectivity index (χ1v) is 8.79. The fourth-order valence-corrected chi connectivity index (χ4v) is 3.23. The number of nitrogens with one attached hydrogen (secondary N) is 2. The van der Waals surface area contributed by atoms with Crippen LogP contribution in [-0.2, 0) is 0 Å². The van der Waals surface area contributed by atoms with Crippen LogP contribution in [0.3, 0.4) is 0 Å². The van der Waals surface area contributed by atoms with Crippen LogP contribution < -0.4 is 10.1 Å². The summed E-state index contributed by atoms with van der Waals surface area (Å²) in [7, 11) is 1.65. The monoisotopic (exact) mass is 368 g/mol. The number of hydrogen-bond donors (Lipinski definition) is 2. The van der Waals surface area contributed by atoms with Gasteiger partial charge in [-0.25, -0.2) is 0 Å². The first kappa shape index (κ1) is 17.3. The van der Waals surface area contributed by atoms with Gasteiger partial charge in [-0.2, -0.15) is 0 Å². The van der Waals surface area contributed by atoms with Gasteiger partial charge in [-0.05, 0) is 60.7 Å². The largest absolute Gasteiger partial charge is 0.497 e. The maximum Gasteiger partial charge on any atom is 0.258 e. The van der Waals surface area contributed by atoms with E-state index in [0.717, 1.165) is 21.2 Å². The smallest absolute Gasteiger partial charge is 0.258 e. The predicted octanol–water partition coefficient (Wildman–Crippen LogP) is 5.16. The van der Waals surface area contributed by atoms with E-state index in [1.54, 1.807) is 37.2 Å². The highest BCUT2D eigenvalue weighted by Gasteiger charge is 2.08. The molecule has 0 unspecified atom stereocenters. The molecule has 3 aromatic rings. The van der Waals surface area contributed by atoms with Crippen molar-refractivity contribution in [2.24, 2.45) is 0 Å². The molecule has 0 aliphatic heterocycles. The number of aromatic nitrogens is 1. The highest BCUT2D eigenvalue weighted by atomic mass is 32.2. The molecule has 0 spiro atoms. The van der Waals surface area contributed by atoms with Gasteiger partial charge in [0.25, 0.3) is 5.91 Å². The SMILES string of the molecule is COc1ccc(Sc2ccc(NC(=O)c3ccc[nH]c3=S)cc2)cc1. The molecular formula is C19H16N2O2S2. The lowest BCUT2D eigenvalue weighted by Crippen LogP contribution is -2.12. The Morgan fingerprint density at radius 1 is 1.04 bits per heavy atom. The van der Waals surface area contributed by atoms with Gasteiger partial charge in [0.15, 0.2) is 0 Å². The van der Waals surface area contributed by atoms with Crippen molar-refractivity contribution in [1.82, 2.24) is 4.98 Å². The van der Waals surface area contributed by atoms with Gasteiger partial charge in [0.2, 0.25) is 0 Å². The Hall–Kier alpha value is -2.57. The summed E-state index contributed by atoms with van der Waals surface area (Å²) >= 11 is 6.77. The molecular weight excluding hydrogens is 352 g/mol. The van der Waals surface area contributed by atoms with Gasteiger partial charge < -0.3 is 15.0 Å². The van der Waals surface area contributed by atoms with Crippen LogP contribution in [0, 0.1) is 4.64 Å². The molecule has 0 saturated carbocycles. The maximum absolute atomic E-state index is 12.3. The molecule has 3 rings (SSSR count). The minimum atomic E-state index is -0.225. The summed E-state index contributed by atoms with van der Waals surface area (Å²) in [4.78, 5) is 17.3. The number of carbonyl (C=O) groups is 1. The standard InChI is InChI=1S/C19H16N2O2S2/c1-23-14-6-10-16(11-7-14)25-15-8-4-13(5-9-15)21-18(22)17-3-2-12-20-19(17)24/h2-12H,1H3,(H,20,24)(H,21,22). The van der Waals surface area contributed by atoms with Crippen LogP contribution in [0.4, 0.5) is 5.69 Å². The lowest BCUT2D eigenvalue weighted by atomic mass is 10.2. The van der Waals surface area contributed by atoms with E-state index in [1.807, 2.05) is 48.5 Å². The number of anilines is 1. The topological polar surface area (TPSA) is 54.1 Å². The van der Waals surface area contributed by atoms with E-state index in [0.29, 0.717) is 10.2 Å². The molecule has 1 amide bonds. The Labute approximate surface area is 155 Å². The number of benzene rings is 2. The van der Waals surface area contributed by atoms with Crippen molar-refractivity contribution in [1.29, 1.82) is 0 Å². The van der Waals surface area contributed by atoms with E-state index in [4.69, 9.17) is 17.0 Å². The van der Waals surface area contributed by atoms with Crippen LogP contribution in [0.5, 0.6) is 5.75 Å². The van der Waals surface area contributed by atoms with Gasteiger partial charge in [-0.3, -0.25) is 4.79 Å². The summed E-state index contributed by atoms with van der Waals surface area (Å²) in [6.07, 6.45) is 1.70. The summed E-state index contributed by atoms with van der Waals surface area (Å²) in [6.45, 7) is 0. The zero-order valence-electron chi connectivity index (χ0n) is 13.5. The molecule has 6 heteroatoms. The third-order valence-corrected chi connectivity index (χ3v) is 4.82. The summed E-state index contributed by atoms with van der Waals surface area (Å²) in [5.41, 5.74) is 1.18. The highest BCUT2D eigenvalue weighted by Crippen LogP contribution is 2.29. The Morgan fingerprint density at radius 2 is 1.68 bits per heavy atom. The van der Waals surface area contributed by atoms with Crippen molar-refractivity contribution in [3.05, 3.63) is 77.1 Å². The molecule has 1 heterocycles. The Balaban J connectivity index is 1.66. The van der Waals surface area contributed by atoms with E-state index in [-0.39, 0.29) is 5.91 Å². The molecule has 2 aromatic carbocycles. The molecule has 0 radical (unpaired) electrons. The van der Waals surface area contributed by atoms with E-state index in [9.17, 15) is 4.79 Å². The van der Waals surface area contributed by atoms with Crippen LogP contribution >= 0.6 is 24.0 Å². The number of hydrogen-bond acceptors (Lipinski definition) is 4. The fraction of sp³-hybridized carbons (Fsp3) is 0.0526. The third-order valence-electron chi connectivity index (χ3n) is 3.47. The van der Waals surface area contributed by atoms with Crippen molar-refractivity contribution in [2.75, 3.05) is 12.4 Å². The van der Waals surface area contributed by atoms with Gasteiger partial charge in [-0.1, -0.05) is 24.0 Å². The molecule has 0 fully saturated rings. The van der Waals surface area contributed by atoms with E-state index in [2.05, 4.69) is 10.3 Å². The minimum absolute atomic E-state index is 0.225. The van der Waals surface area contributed by atoms with E-state index >= 15 is 0 Å². The van der Waals surface area contributed by atoms with Gasteiger partial charge in [0.05, 0.1) is 12.7 Å². The average Bonchev–Trinajstić information content (AvgIpc) is 2.64. The van der Waals surface area contributed by atoms with Crippen molar-refractivity contribution >= 4 is 35.6 Å². The molecule has 2 N–H and O–H groups in total. The summed E-state index contributed by atoms with van der Waals surface area (Å²) < 4.78 is 5.58. The normalized spacial score (nSPS) is 10.3. The molecule has 0 saturated heterocycles. The van der Waals surface area contributed by atoms with Gasteiger partial charge in [0.1, 0.15) is 10.4 Å². The first-order valence-electron chi connectivity index (χ1n) is 7.57. The number of amides is 1. The van der Waals surface area contributed by atoms with Crippen LogP contribution in [0.25, 0.3) is 0 Å². The second-order valence-electron chi connectivity index (χ2n) is 5.17. The number of pyridine rings is 1. The Morgan fingerprint density at radius 3 is 2.28 bits per heavy atom. The fourth-order valence-electron chi connectivity index (χ4n) is 2.18. The summed E-state index contributed by atoms with van der Waals surface area (Å²) in [5.74, 6) is 0.610. The lowest BCUT2D eigenvalue weighted by Gasteiger charge is -2.07. The molecule has 126 valence electrons. The maximum atomic E-state index is 12.3. The first-order chi connectivity index (χ1) is 12.2. The van der Waals surface area contributed by atoms with Crippen molar-refractivity contribution in [2.45, 2.75) is 9.79 Å². The van der Waals surface area contributed by atoms with Crippen molar-refractivity contribution < 1.29 is 9.53 Å². The quantitative estimate of drug-likeness (QED) is 0.611. The molecule has 0 aliphatic rings. The minimum Gasteiger partial charge on any atom is -0.497 e. The van der Waals surface area contributed by atoms with Crippen molar-refractivity contribution in [3.63, 3.8) is 0 Å². The van der Waals surface area contributed by atoms with Crippen LogP contribution in [0.1, 0.15) is 10.4 Å². The van der Waals surface area contributed by atoms with Gasteiger partial charge in [0, 0.05) is 21.7 Å². The Bertz CT molecular complexity index is 919. The van der Waals surface area contributed by atoms with Crippen LogP contribution in [0.2, 0.25) is 0 Å². The van der Waals surface area contributed by atoms with E-state index in [1.165, 1.54) is 0 Å². The average molecular weight is 368 g/mol. The summed E-state index contributed by atoms with van der Waals surface area (Å²) in [6, 6.07) is 19.0.